The molecule has 3 aliphatic rings. The lowest BCUT2D eigenvalue weighted by molar-refractivity contribution is -0.122. The minimum Gasteiger partial charge on any atom is -0.490 e. The van der Waals surface area contributed by atoms with Gasteiger partial charge in [-0.1, -0.05) is 37.1 Å². The highest BCUT2D eigenvalue weighted by molar-refractivity contribution is 5.95. The Balaban J connectivity index is 0.592. The number of carbonyl (C=O) groups excluding carboxylic acids is 2. The summed E-state index contributed by atoms with van der Waals surface area (Å²) < 4.78 is 37.2. The van der Waals surface area contributed by atoms with E-state index in [0.717, 1.165) is 73.4 Å². The molecule has 7 aromatic rings. The summed E-state index contributed by atoms with van der Waals surface area (Å²) in [5, 5.41) is 6.23. The van der Waals surface area contributed by atoms with Crippen LogP contribution in [0.3, 0.4) is 0 Å². The van der Waals surface area contributed by atoms with Gasteiger partial charge in [0.05, 0.1) is 69.8 Å². The second-order valence-electron chi connectivity index (χ2n) is 19.2. The molecule has 4 aromatic heterocycles. The highest BCUT2D eigenvalue weighted by Crippen LogP contribution is 2.42. The molecule has 392 valence electrons. The number of benzene rings is 3. The Morgan fingerprint density at radius 2 is 1.55 bits per heavy atom. The number of pyridine rings is 1. The molecule has 4 atom stereocenters. The number of nitrogens with two attached hydrogens (primary N) is 1. The predicted octanol–water partition coefficient (Wildman–Crippen LogP) is 7.24. The molecule has 4 N–H and O–H groups in total. The maximum atomic E-state index is 13.9. The van der Waals surface area contributed by atoms with Gasteiger partial charge in [-0.25, -0.2) is 15.0 Å². The lowest BCUT2D eigenvalue weighted by Crippen LogP contribution is -2.48. The largest absolute Gasteiger partial charge is 0.490 e. The molecule has 3 aromatic carbocycles. The van der Waals surface area contributed by atoms with Crippen molar-refractivity contribution in [3.05, 3.63) is 132 Å². The summed E-state index contributed by atoms with van der Waals surface area (Å²) in [6.45, 7) is 9.50. The number of hydrogen-bond donors (Lipinski definition) is 3. The van der Waals surface area contributed by atoms with Crippen molar-refractivity contribution in [3.8, 4) is 22.6 Å². The van der Waals surface area contributed by atoms with Crippen molar-refractivity contribution in [2.45, 2.75) is 83.8 Å². The van der Waals surface area contributed by atoms with Crippen LogP contribution in [0.2, 0.25) is 0 Å². The summed E-state index contributed by atoms with van der Waals surface area (Å²) in [4.78, 5) is 54.8. The quantitative estimate of drug-likeness (QED) is 0.0425. The van der Waals surface area contributed by atoms with Crippen molar-refractivity contribution in [1.82, 2.24) is 40.1 Å². The van der Waals surface area contributed by atoms with Crippen LogP contribution in [-0.2, 0) is 38.7 Å². The number of aromatic nitrogens is 6. The molecule has 2 aliphatic heterocycles. The minimum absolute atomic E-state index is 0.0402. The van der Waals surface area contributed by atoms with Crippen molar-refractivity contribution >= 4 is 40.4 Å². The number of amides is 2. The lowest BCUT2D eigenvalue weighted by atomic mass is 9.84. The highest BCUT2D eigenvalue weighted by Gasteiger charge is 2.46. The van der Waals surface area contributed by atoms with E-state index in [1.165, 1.54) is 0 Å². The third-order valence-electron chi connectivity index (χ3n) is 14.0. The predicted molar refractivity (Wildman–Crippen MR) is 282 cm³/mol. The van der Waals surface area contributed by atoms with Crippen LogP contribution in [0.1, 0.15) is 78.5 Å². The first-order chi connectivity index (χ1) is 36.7. The van der Waals surface area contributed by atoms with Gasteiger partial charge in [-0.2, -0.15) is 4.98 Å². The second kappa shape index (κ2) is 24.2. The molecule has 19 heteroatoms. The lowest BCUT2D eigenvalue weighted by Gasteiger charge is -2.35. The van der Waals surface area contributed by atoms with Gasteiger partial charge in [0.2, 0.25) is 5.91 Å². The van der Waals surface area contributed by atoms with Crippen LogP contribution < -0.4 is 35.6 Å². The maximum absolute atomic E-state index is 13.9. The van der Waals surface area contributed by atoms with Gasteiger partial charge in [-0.05, 0) is 98.7 Å². The molecule has 0 radical (unpaired) electrons. The first-order valence-electron chi connectivity index (χ1n) is 26.0. The number of hydrogen-bond acceptors (Lipinski definition) is 16. The van der Waals surface area contributed by atoms with E-state index in [-0.39, 0.29) is 23.9 Å². The van der Waals surface area contributed by atoms with E-state index in [1.807, 2.05) is 111 Å². The molecule has 0 spiro atoms. The fourth-order valence-corrected chi connectivity index (χ4v) is 10.1. The fraction of sp³-hybridized carbons (Fsp3) is 0.411. The SMILES string of the molecule is Cc1nc([C@H](C)NC(=O)c2ccc(-c3ccc(N)cc3)cc2)cc(N2[C@H](C(=O)NCCOCCOCCOCCOc3ccc(COc4ccc5oc(N6CCn7ccnc7C6)nc5c4)nc3)C[C@@H]3CCCC[C@@H]32)n1. The van der Waals surface area contributed by atoms with Gasteiger partial charge in [-0.15, -0.1) is 0 Å². The number of anilines is 3. The van der Waals surface area contributed by atoms with Gasteiger partial charge in [-0.3, -0.25) is 14.6 Å². The molecule has 0 bridgehead atoms. The van der Waals surface area contributed by atoms with Crippen LogP contribution >= 0.6 is 0 Å². The van der Waals surface area contributed by atoms with E-state index < -0.39 is 6.04 Å². The molecular weight excluding hydrogens is 955 g/mol. The summed E-state index contributed by atoms with van der Waals surface area (Å²) in [6.07, 6.45) is 10.6. The maximum Gasteiger partial charge on any atom is 0.298 e. The Labute approximate surface area is 436 Å². The third kappa shape index (κ3) is 12.8. The molecule has 1 aliphatic carbocycles. The average molecular weight is 1020 g/mol. The number of imidazole rings is 1. The van der Waals surface area contributed by atoms with Gasteiger partial charge in [0.25, 0.3) is 11.9 Å². The number of oxazole rings is 1. The highest BCUT2D eigenvalue weighted by atomic mass is 16.6. The van der Waals surface area contributed by atoms with Crippen LogP contribution in [0.15, 0.2) is 108 Å². The Morgan fingerprint density at radius 3 is 2.33 bits per heavy atom. The second-order valence-corrected chi connectivity index (χ2v) is 19.2. The van der Waals surface area contributed by atoms with Gasteiger partial charge in [0.1, 0.15) is 53.7 Å². The van der Waals surface area contributed by atoms with Crippen LogP contribution in [0.5, 0.6) is 11.5 Å². The standard InChI is InChI=1S/C56H65N11O8/c1-37(61-54(68)41-9-7-39(8-10-41)40-11-13-43(57)14-12-40)47-33-52(63-38(2)62-47)67-49-6-4-3-5-42(49)31-50(67)55(69)59-20-24-70-25-26-71-27-28-72-29-30-73-46-16-15-44(60-34-46)36-74-45-17-18-51-48(32-45)64-56(75-51)66-23-22-65-21-19-58-53(65)35-66/h7-19,21,32-34,37,42,49-50H,3-6,20,22-31,35-36,57H2,1-2H3,(H,59,69)(H,61,68)/t37-,42-,49-,50-/m0/s1. The molecule has 6 heterocycles. The van der Waals surface area contributed by atoms with Gasteiger partial charge in [0.15, 0.2) is 5.58 Å². The zero-order chi connectivity index (χ0) is 51.5. The van der Waals surface area contributed by atoms with Crippen molar-refractivity contribution in [2.24, 2.45) is 5.92 Å². The van der Waals surface area contributed by atoms with Crippen LogP contribution in [-0.4, -0.2) is 113 Å². The van der Waals surface area contributed by atoms with Crippen LogP contribution in [0.25, 0.3) is 22.2 Å². The summed E-state index contributed by atoms with van der Waals surface area (Å²) in [5.41, 5.74) is 12.0. The zero-order valence-corrected chi connectivity index (χ0v) is 42.6. The van der Waals surface area contributed by atoms with E-state index in [0.29, 0.717) is 124 Å². The van der Waals surface area contributed by atoms with E-state index in [9.17, 15) is 9.59 Å². The zero-order valence-electron chi connectivity index (χ0n) is 42.6. The molecule has 1 saturated carbocycles. The Bertz CT molecular complexity index is 3000. The van der Waals surface area contributed by atoms with Gasteiger partial charge in [0, 0.05) is 61.5 Å². The van der Waals surface area contributed by atoms with Crippen LogP contribution in [0, 0.1) is 12.8 Å². The third-order valence-corrected chi connectivity index (χ3v) is 14.0. The van der Waals surface area contributed by atoms with E-state index in [1.54, 1.807) is 6.20 Å². The summed E-state index contributed by atoms with van der Waals surface area (Å²) >= 11 is 0. The molecule has 2 amide bonds. The Kier molecular flexibility index (Phi) is 16.4. The number of nitrogens with one attached hydrogen (secondary N) is 2. The van der Waals surface area contributed by atoms with Gasteiger partial charge < -0.3 is 58.8 Å². The van der Waals surface area contributed by atoms with E-state index in [2.05, 4.69) is 35.0 Å². The number of fused-ring (bicyclic) bond motifs is 3. The molecule has 19 nitrogen and oxygen atoms in total. The summed E-state index contributed by atoms with van der Waals surface area (Å²) in [7, 11) is 0. The van der Waals surface area contributed by atoms with Crippen molar-refractivity contribution in [2.75, 3.05) is 74.9 Å². The van der Waals surface area contributed by atoms with Gasteiger partial charge >= 0.3 is 0 Å². The average Bonchev–Trinajstić information content (AvgIpc) is 4.20. The summed E-state index contributed by atoms with van der Waals surface area (Å²) in [6, 6.07) is 26.4. The van der Waals surface area contributed by atoms with Crippen molar-refractivity contribution < 1.29 is 37.7 Å². The van der Waals surface area contributed by atoms with E-state index >= 15 is 0 Å². The number of carbonyl (C=O) groups is 2. The molecule has 2 fully saturated rings. The Morgan fingerprint density at radius 1 is 0.800 bits per heavy atom. The molecule has 0 unspecified atom stereocenters. The molecule has 10 rings (SSSR count). The first-order valence-corrected chi connectivity index (χ1v) is 26.0. The number of aryl methyl sites for hydroxylation is 1. The normalized spacial score (nSPS) is 17.6. The smallest absolute Gasteiger partial charge is 0.298 e. The number of rotatable bonds is 23. The molecule has 1 saturated heterocycles. The summed E-state index contributed by atoms with van der Waals surface area (Å²) in [5.74, 6) is 3.77. The number of ether oxygens (including phenoxy) is 5. The number of nitrogens with zero attached hydrogens (tertiary/aromatic N) is 8. The first kappa shape index (κ1) is 50.9. The van der Waals surface area contributed by atoms with Crippen molar-refractivity contribution in [1.29, 1.82) is 0 Å². The topological polar surface area (TPSA) is 219 Å². The molecular formula is C56H65N11O8. The monoisotopic (exact) mass is 1020 g/mol. The van der Waals surface area contributed by atoms with Crippen molar-refractivity contribution in [3.63, 3.8) is 0 Å². The molecule has 75 heavy (non-hydrogen) atoms. The number of nitrogen functional groups attached to an aromatic ring is 1. The minimum atomic E-state index is -0.397. The fourth-order valence-electron chi connectivity index (χ4n) is 10.1. The van der Waals surface area contributed by atoms with E-state index in [4.69, 9.17) is 48.8 Å². The Hall–Kier alpha value is -7.61. The van der Waals surface area contributed by atoms with Crippen LogP contribution in [0.4, 0.5) is 17.5 Å².